The molecule has 0 heterocycles. The standard InChI is InChI=1S/C13H17NO2/c1-9(13(15)16)8-14-12-7-11(12)10-5-3-2-4-6-10/h2-6,9,11-12,14H,7-8H2,1H3,(H,15,16). The third kappa shape index (κ3) is 2.61. The van der Waals surface area contributed by atoms with Crippen molar-refractivity contribution >= 4 is 5.97 Å². The molecule has 1 fully saturated rings. The normalized spacial score (nSPS) is 25.1. The van der Waals surface area contributed by atoms with Crippen LogP contribution in [0.5, 0.6) is 0 Å². The summed E-state index contributed by atoms with van der Waals surface area (Å²) in [7, 11) is 0. The van der Waals surface area contributed by atoms with Gasteiger partial charge in [-0.05, 0) is 12.0 Å². The Labute approximate surface area is 95.5 Å². The molecule has 0 radical (unpaired) electrons. The van der Waals surface area contributed by atoms with Gasteiger partial charge in [-0.15, -0.1) is 0 Å². The van der Waals surface area contributed by atoms with Gasteiger partial charge in [-0.25, -0.2) is 0 Å². The van der Waals surface area contributed by atoms with Gasteiger partial charge in [-0.1, -0.05) is 37.3 Å². The minimum atomic E-state index is -0.732. The van der Waals surface area contributed by atoms with E-state index in [1.54, 1.807) is 6.92 Å². The van der Waals surface area contributed by atoms with E-state index in [-0.39, 0.29) is 5.92 Å². The minimum Gasteiger partial charge on any atom is -0.481 e. The van der Waals surface area contributed by atoms with Crippen LogP contribution in [0.1, 0.15) is 24.8 Å². The van der Waals surface area contributed by atoms with Gasteiger partial charge in [0, 0.05) is 18.5 Å². The fourth-order valence-electron chi connectivity index (χ4n) is 1.90. The number of hydrogen-bond acceptors (Lipinski definition) is 2. The molecule has 3 heteroatoms. The van der Waals surface area contributed by atoms with E-state index >= 15 is 0 Å². The Morgan fingerprint density at radius 2 is 2.19 bits per heavy atom. The van der Waals surface area contributed by atoms with Crippen molar-refractivity contribution in [3.05, 3.63) is 35.9 Å². The third-order valence-electron chi connectivity index (χ3n) is 3.13. The summed E-state index contributed by atoms with van der Waals surface area (Å²) in [5.74, 6) is -0.469. The Balaban J connectivity index is 1.78. The van der Waals surface area contributed by atoms with Gasteiger partial charge in [-0.2, -0.15) is 0 Å². The molecule has 1 aliphatic rings. The number of rotatable bonds is 5. The molecule has 3 nitrogen and oxygen atoms in total. The molecule has 0 saturated heterocycles. The molecule has 1 saturated carbocycles. The first-order valence-corrected chi connectivity index (χ1v) is 5.69. The summed E-state index contributed by atoms with van der Waals surface area (Å²) in [6.07, 6.45) is 1.12. The van der Waals surface area contributed by atoms with Crippen molar-refractivity contribution in [2.45, 2.75) is 25.3 Å². The highest BCUT2D eigenvalue weighted by Gasteiger charge is 2.37. The van der Waals surface area contributed by atoms with Crippen LogP contribution >= 0.6 is 0 Å². The van der Waals surface area contributed by atoms with E-state index in [4.69, 9.17) is 5.11 Å². The maximum Gasteiger partial charge on any atom is 0.307 e. The summed E-state index contributed by atoms with van der Waals surface area (Å²) in [5, 5.41) is 12.1. The molecule has 2 rings (SSSR count). The van der Waals surface area contributed by atoms with Gasteiger partial charge >= 0.3 is 5.97 Å². The molecule has 0 aromatic heterocycles. The Bertz CT molecular complexity index is 363. The predicted molar refractivity (Wildman–Crippen MR) is 62.4 cm³/mol. The van der Waals surface area contributed by atoms with Crippen LogP contribution in [0.25, 0.3) is 0 Å². The number of carboxylic acids is 1. The van der Waals surface area contributed by atoms with Crippen molar-refractivity contribution in [3.8, 4) is 0 Å². The number of carbonyl (C=O) groups is 1. The van der Waals surface area contributed by atoms with Gasteiger partial charge in [0.1, 0.15) is 0 Å². The van der Waals surface area contributed by atoms with Crippen LogP contribution in [-0.4, -0.2) is 23.7 Å². The topological polar surface area (TPSA) is 49.3 Å². The van der Waals surface area contributed by atoms with Crippen molar-refractivity contribution in [3.63, 3.8) is 0 Å². The summed E-state index contributed by atoms with van der Waals surface area (Å²) in [5.41, 5.74) is 1.35. The van der Waals surface area contributed by atoms with E-state index in [1.165, 1.54) is 5.56 Å². The number of carboxylic acid groups (broad SMARTS) is 1. The lowest BCUT2D eigenvalue weighted by Crippen LogP contribution is -2.28. The average Bonchev–Trinajstić information content (AvgIpc) is 3.06. The molecule has 16 heavy (non-hydrogen) atoms. The molecular weight excluding hydrogens is 202 g/mol. The zero-order valence-corrected chi connectivity index (χ0v) is 9.39. The zero-order chi connectivity index (χ0) is 11.5. The smallest absolute Gasteiger partial charge is 0.307 e. The van der Waals surface area contributed by atoms with Gasteiger partial charge in [0.25, 0.3) is 0 Å². The van der Waals surface area contributed by atoms with E-state index < -0.39 is 5.97 Å². The lowest BCUT2D eigenvalue weighted by molar-refractivity contribution is -0.140. The first-order valence-electron chi connectivity index (χ1n) is 5.69. The van der Waals surface area contributed by atoms with E-state index in [0.29, 0.717) is 18.5 Å². The van der Waals surface area contributed by atoms with Gasteiger partial charge in [0.2, 0.25) is 0 Å². The van der Waals surface area contributed by atoms with Crippen LogP contribution in [-0.2, 0) is 4.79 Å². The van der Waals surface area contributed by atoms with Gasteiger partial charge in [0.15, 0.2) is 0 Å². The number of aliphatic carboxylic acids is 1. The van der Waals surface area contributed by atoms with Gasteiger partial charge < -0.3 is 10.4 Å². The Hall–Kier alpha value is -1.35. The molecule has 0 bridgehead atoms. The fourth-order valence-corrected chi connectivity index (χ4v) is 1.90. The molecular formula is C13H17NO2. The van der Waals surface area contributed by atoms with E-state index in [2.05, 4.69) is 17.4 Å². The average molecular weight is 219 g/mol. The maximum atomic E-state index is 10.6. The second kappa shape index (κ2) is 4.66. The first-order chi connectivity index (χ1) is 7.68. The maximum absolute atomic E-state index is 10.6. The van der Waals surface area contributed by atoms with Gasteiger partial charge in [-0.3, -0.25) is 4.79 Å². The minimum absolute atomic E-state index is 0.308. The fraction of sp³-hybridized carbons (Fsp3) is 0.462. The Morgan fingerprint density at radius 3 is 2.81 bits per heavy atom. The van der Waals surface area contributed by atoms with Crippen molar-refractivity contribution < 1.29 is 9.90 Å². The number of benzene rings is 1. The zero-order valence-electron chi connectivity index (χ0n) is 9.39. The highest BCUT2D eigenvalue weighted by Crippen LogP contribution is 2.40. The quantitative estimate of drug-likeness (QED) is 0.794. The van der Waals surface area contributed by atoms with Crippen molar-refractivity contribution in [1.29, 1.82) is 0 Å². The molecule has 0 spiro atoms. The predicted octanol–water partition coefficient (Wildman–Crippen LogP) is 1.85. The molecule has 0 amide bonds. The van der Waals surface area contributed by atoms with Gasteiger partial charge in [0.05, 0.1) is 5.92 Å². The van der Waals surface area contributed by atoms with Crippen LogP contribution in [0.4, 0.5) is 0 Å². The van der Waals surface area contributed by atoms with E-state index in [1.807, 2.05) is 18.2 Å². The summed E-state index contributed by atoms with van der Waals surface area (Å²) >= 11 is 0. The summed E-state index contributed by atoms with van der Waals surface area (Å²) < 4.78 is 0. The Morgan fingerprint density at radius 1 is 1.50 bits per heavy atom. The highest BCUT2D eigenvalue weighted by atomic mass is 16.4. The second-order valence-electron chi connectivity index (χ2n) is 4.51. The number of hydrogen-bond donors (Lipinski definition) is 2. The van der Waals surface area contributed by atoms with Crippen LogP contribution in [0.3, 0.4) is 0 Å². The Kier molecular flexibility index (Phi) is 3.25. The lowest BCUT2D eigenvalue weighted by Gasteiger charge is -2.07. The summed E-state index contributed by atoms with van der Waals surface area (Å²) in [4.78, 5) is 10.6. The van der Waals surface area contributed by atoms with Crippen LogP contribution in [0.2, 0.25) is 0 Å². The summed E-state index contributed by atoms with van der Waals surface area (Å²) in [6.45, 7) is 2.29. The molecule has 3 atom stereocenters. The van der Waals surface area contributed by atoms with Crippen molar-refractivity contribution in [1.82, 2.24) is 5.32 Å². The van der Waals surface area contributed by atoms with Crippen LogP contribution in [0, 0.1) is 5.92 Å². The summed E-state index contributed by atoms with van der Waals surface area (Å²) in [6, 6.07) is 10.8. The number of nitrogens with one attached hydrogen (secondary N) is 1. The monoisotopic (exact) mass is 219 g/mol. The molecule has 1 aromatic carbocycles. The first kappa shape index (κ1) is 11.1. The molecule has 2 N–H and O–H groups in total. The SMILES string of the molecule is CC(CNC1CC1c1ccccc1)C(=O)O. The van der Waals surface area contributed by atoms with E-state index in [0.717, 1.165) is 6.42 Å². The molecule has 1 aromatic rings. The van der Waals surface area contributed by atoms with E-state index in [9.17, 15) is 4.79 Å². The molecule has 3 unspecified atom stereocenters. The lowest BCUT2D eigenvalue weighted by atomic mass is 10.1. The largest absolute Gasteiger partial charge is 0.481 e. The van der Waals surface area contributed by atoms with Crippen LogP contribution < -0.4 is 5.32 Å². The van der Waals surface area contributed by atoms with Crippen molar-refractivity contribution in [2.24, 2.45) is 5.92 Å². The van der Waals surface area contributed by atoms with Crippen LogP contribution in [0.15, 0.2) is 30.3 Å². The molecule has 1 aliphatic carbocycles. The molecule has 86 valence electrons. The second-order valence-corrected chi connectivity index (χ2v) is 4.51. The molecule has 0 aliphatic heterocycles. The highest BCUT2D eigenvalue weighted by molar-refractivity contribution is 5.69. The third-order valence-corrected chi connectivity index (χ3v) is 3.13. The van der Waals surface area contributed by atoms with Crippen molar-refractivity contribution in [2.75, 3.05) is 6.54 Å².